The Hall–Kier alpha value is -6.61. The van der Waals surface area contributed by atoms with Gasteiger partial charge in [-0.15, -0.1) is 0 Å². The molecule has 0 aliphatic rings. The van der Waals surface area contributed by atoms with Crippen LogP contribution < -0.4 is 20.0 Å². The number of anilines is 2. The predicted octanol–water partition coefficient (Wildman–Crippen LogP) is 0.0582. The van der Waals surface area contributed by atoms with Crippen LogP contribution in [0.3, 0.4) is 0 Å². The second-order valence-electron chi connectivity index (χ2n) is 11.6. The van der Waals surface area contributed by atoms with Crippen molar-refractivity contribution in [2.24, 2.45) is 0 Å². The third-order valence-electron chi connectivity index (χ3n) is 7.87. The van der Waals surface area contributed by atoms with E-state index in [0.29, 0.717) is 0 Å². The molecule has 0 spiro atoms. The molecule has 0 bridgehead atoms. The Balaban J connectivity index is -0.000000203. The molecule has 0 unspecified atom stereocenters. The van der Waals surface area contributed by atoms with Crippen LogP contribution in [0.2, 0.25) is 0 Å². The molecule has 6 rings (SSSR count). The van der Waals surface area contributed by atoms with Gasteiger partial charge < -0.3 is 83.5 Å². The van der Waals surface area contributed by atoms with Crippen LogP contribution in [0, 0.1) is 30.6 Å². The second-order valence-corrected chi connectivity index (χ2v) is 11.6. The smallest absolute Gasteiger partial charge is 0.871 e. The Labute approximate surface area is 388 Å². The van der Waals surface area contributed by atoms with Crippen LogP contribution in [0.4, 0.5) is 11.4 Å². The molecule has 6 aromatic rings. The molecule has 0 saturated carbocycles. The normalized spacial score (nSPS) is 8.62. The van der Waals surface area contributed by atoms with Crippen LogP contribution in [0.1, 0.15) is 22.8 Å². The Morgan fingerprint density at radius 2 is 0.594 bits per heavy atom. The number of aromatic nitrogens is 4. The molecule has 4 heterocycles. The van der Waals surface area contributed by atoms with Gasteiger partial charge in [0.2, 0.25) is 0 Å². The summed E-state index contributed by atoms with van der Waals surface area (Å²) in [5, 5.41) is 53.9. The summed E-state index contributed by atoms with van der Waals surface area (Å²) >= 11 is 0. The maximum absolute atomic E-state index is 12.2. The van der Waals surface area contributed by atoms with Crippen molar-refractivity contribution in [2.45, 2.75) is 25.7 Å². The molecule has 14 N–H and O–H groups in total. The third-order valence-corrected chi connectivity index (χ3v) is 7.87. The summed E-state index contributed by atoms with van der Waals surface area (Å²) in [6, 6.07) is 38.0. The van der Waals surface area contributed by atoms with E-state index in [-0.39, 0.29) is 77.3 Å². The van der Waals surface area contributed by atoms with Crippen molar-refractivity contribution in [3.05, 3.63) is 200 Å². The van der Waals surface area contributed by atoms with Crippen LogP contribution in [0.5, 0.6) is 11.5 Å². The van der Waals surface area contributed by atoms with Gasteiger partial charge >= 0.3 is 33.0 Å². The Bertz CT molecular complexity index is 1770. The molecule has 0 fully saturated rings. The molecule has 0 aliphatic heterocycles. The van der Waals surface area contributed by atoms with Crippen molar-refractivity contribution in [1.29, 1.82) is 0 Å². The number of hydrogen-bond donors (Lipinski definition) is 0. The van der Waals surface area contributed by atoms with Gasteiger partial charge in [-0.25, -0.2) is 0 Å². The van der Waals surface area contributed by atoms with E-state index in [1.54, 1.807) is 49.1 Å². The summed E-state index contributed by atoms with van der Waals surface area (Å²) in [5.41, 5.74) is 5.61. The standard InChI is InChI=1S/2C20H21N3O.2NO3.2Ni.6H2O/c2*24-20-10-2-1-9-19(20)23(15-11-17-7-3-5-13-21-17)16-12-18-8-4-6-14-22-18;2*2-1(3)4;;;;;;;;/h2*1-10,13-14,24H,11-12,15-16H2;;;;;6*1H2/q;;2*-1;2*+3;;;;;;. The summed E-state index contributed by atoms with van der Waals surface area (Å²) < 4.78 is 0. The molecule has 2 radical (unpaired) electrons. The first kappa shape index (κ1) is 69.1. The van der Waals surface area contributed by atoms with Crippen molar-refractivity contribution in [1.82, 2.24) is 19.9 Å². The molecule has 0 atom stereocenters. The topological polar surface area (TPSA) is 429 Å². The number of para-hydroxylation sites is 4. The van der Waals surface area contributed by atoms with E-state index in [1.165, 1.54) is 0 Å². The van der Waals surface area contributed by atoms with E-state index in [1.807, 2.05) is 97.1 Å². The zero-order chi connectivity index (χ0) is 40.4. The van der Waals surface area contributed by atoms with Gasteiger partial charge in [0.1, 0.15) is 0 Å². The predicted molar refractivity (Wildman–Crippen MR) is 233 cm³/mol. The molecule has 0 aliphatic carbocycles. The molecule has 0 saturated heterocycles. The van der Waals surface area contributed by atoms with Crippen LogP contribution in [-0.2, 0) is 69.6 Å². The zero-order valence-electron chi connectivity index (χ0n) is 34.1. The fourth-order valence-corrected chi connectivity index (χ4v) is 5.32. The van der Waals surface area contributed by atoms with Gasteiger partial charge in [-0.05, 0) is 60.7 Å². The van der Waals surface area contributed by atoms with Crippen molar-refractivity contribution in [3.8, 4) is 11.5 Å². The minimum Gasteiger partial charge on any atom is -0.871 e. The molecule has 22 nitrogen and oxygen atoms in total. The molecular weight excluding hydrogens is 934 g/mol. The zero-order valence-corrected chi connectivity index (χ0v) is 36.1. The number of hydrogen-bond acceptors (Lipinski definition) is 14. The van der Waals surface area contributed by atoms with Crippen molar-refractivity contribution in [2.75, 3.05) is 36.0 Å². The maximum Gasteiger partial charge on any atom is 3.00 e. The second kappa shape index (κ2) is 40.5. The number of benzene rings is 2. The van der Waals surface area contributed by atoms with Crippen LogP contribution >= 0.6 is 0 Å². The fraction of sp³-hybridized carbons (Fsp3) is 0.200. The Morgan fingerprint density at radius 3 is 0.781 bits per heavy atom. The Kier molecular flexibility index (Phi) is 43.7. The van der Waals surface area contributed by atoms with Gasteiger partial charge in [0.05, 0.1) is 10.2 Å². The first-order chi connectivity index (χ1) is 27.1. The molecule has 354 valence electrons. The first-order valence-electron chi connectivity index (χ1n) is 17.4. The van der Waals surface area contributed by atoms with E-state index < -0.39 is 10.2 Å². The van der Waals surface area contributed by atoms with Gasteiger partial charge in [0, 0.05) is 111 Å². The van der Waals surface area contributed by atoms with Gasteiger partial charge in [-0.3, -0.25) is 19.9 Å². The molecule has 64 heavy (non-hydrogen) atoms. The van der Waals surface area contributed by atoms with E-state index in [2.05, 4.69) is 29.7 Å². The van der Waals surface area contributed by atoms with E-state index in [0.717, 1.165) is 86.0 Å². The molecule has 4 aromatic heterocycles. The maximum atomic E-state index is 12.2. The largest absolute Gasteiger partial charge is 3.00 e. The van der Waals surface area contributed by atoms with Crippen molar-refractivity contribution >= 4 is 11.4 Å². The Morgan fingerprint density at radius 1 is 0.391 bits per heavy atom. The summed E-state index contributed by atoms with van der Waals surface area (Å²) in [6.45, 7) is 3.01. The SMILES string of the molecule is O.O.O.O.O=[N+]([O-])[O-].O=[N+]([O-])[O-].[Ni+3].[Ni+3].[O-]c1ccccc1N(CCc1ccccn1)CCc1ccccn1.[O-]c1ccccc1N(CCc1ccccn1)CCc1ccccn1.[OH3+].[OH3+]. The summed E-state index contributed by atoms with van der Waals surface area (Å²) in [6.07, 6.45) is 10.4. The van der Waals surface area contributed by atoms with Gasteiger partial charge in [-0.2, -0.15) is 0 Å². The van der Waals surface area contributed by atoms with Gasteiger partial charge in [-0.1, -0.05) is 72.2 Å². The number of nitrogens with zero attached hydrogens (tertiary/aromatic N) is 8. The average Bonchev–Trinajstić information content (AvgIpc) is 3.20. The minimum atomic E-state index is -1.75. The van der Waals surface area contributed by atoms with Gasteiger partial charge in [0.25, 0.3) is 0 Å². The third kappa shape index (κ3) is 28.8. The summed E-state index contributed by atoms with van der Waals surface area (Å²) in [5.74, 6) is 0.110. The quantitative estimate of drug-likeness (QED) is 0.0603. The van der Waals surface area contributed by atoms with Crippen LogP contribution in [0.15, 0.2) is 146 Å². The van der Waals surface area contributed by atoms with Crippen LogP contribution in [0.25, 0.3) is 0 Å². The van der Waals surface area contributed by atoms with Crippen molar-refractivity contribution in [3.63, 3.8) is 0 Å². The first-order valence-corrected chi connectivity index (χ1v) is 17.4. The monoisotopic (exact) mass is 986 g/mol. The summed E-state index contributed by atoms with van der Waals surface area (Å²) in [4.78, 5) is 38.2. The molecule has 2 aromatic carbocycles. The minimum absolute atomic E-state index is 0. The molecular formula is C40H54N8Ni2O14+4. The fourth-order valence-electron chi connectivity index (χ4n) is 5.32. The van der Waals surface area contributed by atoms with Gasteiger partial charge in [0.15, 0.2) is 0 Å². The molecule has 24 heteroatoms. The number of rotatable bonds is 14. The van der Waals surface area contributed by atoms with E-state index in [4.69, 9.17) is 30.6 Å². The summed E-state index contributed by atoms with van der Waals surface area (Å²) in [7, 11) is 0. The molecule has 0 amide bonds. The van der Waals surface area contributed by atoms with E-state index >= 15 is 0 Å². The average molecular weight is 988 g/mol. The van der Waals surface area contributed by atoms with Crippen LogP contribution in [-0.4, -0.2) is 78.2 Å². The number of pyridine rings is 4. The van der Waals surface area contributed by atoms with Crippen molar-refractivity contribution < 1.29 is 86.2 Å². The van der Waals surface area contributed by atoms with E-state index in [9.17, 15) is 10.2 Å².